The summed E-state index contributed by atoms with van der Waals surface area (Å²) < 4.78 is 0. The average Bonchev–Trinajstić information content (AvgIpc) is 3.28. The number of fused-ring (bicyclic) bond motifs is 2. The van der Waals surface area contributed by atoms with Crippen molar-refractivity contribution in [1.82, 2.24) is 14.9 Å². The van der Waals surface area contributed by atoms with Gasteiger partial charge >= 0.3 is 0 Å². The smallest absolute Gasteiger partial charge is 0.253 e. The second kappa shape index (κ2) is 6.55. The number of nitrogens with one attached hydrogen (secondary N) is 2. The number of aryl methyl sites for hydroxylation is 2. The molecule has 0 aliphatic carbocycles. The molecule has 0 atom stereocenters. The van der Waals surface area contributed by atoms with Crippen molar-refractivity contribution in [2.75, 3.05) is 13.1 Å². The molecule has 0 bridgehead atoms. The molecule has 1 aliphatic rings. The highest BCUT2D eigenvalue weighted by Crippen LogP contribution is 2.33. The first-order valence-corrected chi connectivity index (χ1v) is 10.1. The Bertz CT molecular complexity index is 1180. The zero-order valence-electron chi connectivity index (χ0n) is 16.4. The van der Waals surface area contributed by atoms with E-state index in [4.69, 9.17) is 0 Å². The predicted octanol–water partition coefficient (Wildman–Crippen LogP) is 5.29. The maximum atomic E-state index is 13.1. The Kier molecular flexibility index (Phi) is 4.00. The van der Waals surface area contributed by atoms with Crippen molar-refractivity contribution >= 4 is 27.7 Å². The number of H-pyrrole nitrogens is 2. The molecule has 2 aromatic heterocycles. The summed E-state index contributed by atoms with van der Waals surface area (Å²) in [5.41, 5.74) is 6.87. The number of nitrogens with zero attached hydrogens (tertiary/aromatic N) is 1. The number of aromatic nitrogens is 2. The minimum absolute atomic E-state index is 0.150. The summed E-state index contributed by atoms with van der Waals surface area (Å²) >= 11 is 0. The molecule has 142 valence electrons. The first-order chi connectivity index (χ1) is 13.6. The topological polar surface area (TPSA) is 51.9 Å². The Morgan fingerprint density at radius 2 is 1.79 bits per heavy atom. The van der Waals surface area contributed by atoms with Gasteiger partial charge in [-0.3, -0.25) is 4.79 Å². The van der Waals surface area contributed by atoms with Crippen LogP contribution < -0.4 is 0 Å². The fraction of sp³-hybridized carbons (Fsp3) is 0.292. The van der Waals surface area contributed by atoms with Gasteiger partial charge in [-0.05, 0) is 68.0 Å². The molecule has 1 saturated heterocycles. The third-order valence-corrected chi connectivity index (χ3v) is 6.40. The van der Waals surface area contributed by atoms with E-state index >= 15 is 0 Å². The third kappa shape index (κ3) is 2.71. The largest absolute Gasteiger partial charge is 0.361 e. The van der Waals surface area contributed by atoms with Gasteiger partial charge in [0.05, 0.1) is 0 Å². The molecule has 4 aromatic rings. The highest BCUT2D eigenvalue weighted by atomic mass is 16.2. The molecule has 4 heteroatoms. The van der Waals surface area contributed by atoms with Crippen LogP contribution in [0.5, 0.6) is 0 Å². The van der Waals surface area contributed by atoms with Crippen molar-refractivity contribution in [3.63, 3.8) is 0 Å². The summed E-state index contributed by atoms with van der Waals surface area (Å²) in [6.07, 6.45) is 4.17. The Labute approximate surface area is 164 Å². The summed E-state index contributed by atoms with van der Waals surface area (Å²) in [6.45, 7) is 5.81. The van der Waals surface area contributed by atoms with Gasteiger partial charge in [-0.25, -0.2) is 0 Å². The monoisotopic (exact) mass is 371 g/mol. The van der Waals surface area contributed by atoms with Gasteiger partial charge in [-0.1, -0.05) is 18.2 Å². The number of para-hydroxylation sites is 1. The molecule has 0 spiro atoms. The fourth-order valence-electron chi connectivity index (χ4n) is 4.60. The molecule has 4 nitrogen and oxygen atoms in total. The van der Waals surface area contributed by atoms with Gasteiger partial charge in [0.2, 0.25) is 0 Å². The third-order valence-electron chi connectivity index (χ3n) is 6.40. The number of hydrogen-bond donors (Lipinski definition) is 2. The molecule has 1 amide bonds. The van der Waals surface area contributed by atoms with Gasteiger partial charge in [0.15, 0.2) is 0 Å². The maximum absolute atomic E-state index is 13.1. The van der Waals surface area contributed by atoms with Crippen molar-refractivity contribution in [3.05, 3.63) is 71.0 Å². The number of benzene rings is 2. The second-order valence-corrected chi connectivity index (χ2v) is 7.99. The Hall–Kier alpha value is -3.01. The van der Waals surface area contributed by atoms with Gasteiger partial charge in [-0.2, -0.15) is 0 Å². The quantitative estimate of drug-likeness (QED) is 0.494. The van der Waals surface area contributed by atoms with E-state index in [1.54, 1.807) is 0 Å². The molecule has 3 heterocycles. The summed E-state index contributed by atoms with van der Waals surface area (Å²) in [5, 5.41) is 2.47. The Morgan fingerprint density at radius 1 is 1.00 bits per heavy atom. The van der Waals surface area contributed by atoms with Gasteiger partial charge in [0.1, 0.15) is 0 Å². The fourth-order valence-corrected chi connectivity index (χ4v) is 4.60. The van der Waals surface area contributed by atoms with Gasteiger partial charge in [-0.15, -0.1) is 0 Å². The Balaban J connectivity index is 1.34. The van der Waals surface area contributed by atoms with Crippen LogP contribution >= 0.6 is 0 Å². The number of rotatable bonds is 2. The number of amides is 1. The SMILES string of the molecule is Cc1[nH]c2ccc(C(=O)N3CCC(c4c[nH]c5ccccc45)CC3)cc2c1C. The zero-order chi connectivity index (χ0) is 19.3. The van der Waals surface area contributed by atoms with E-state index in [0.717, 1.165) is 42.4 Å². The number of piperidine rings is 1. The summed E-state index contributed by atoms with van der Waals surface area (Å²) in [7, 11) is 0. The lowest BCUT2D eigenvalue weighted by atomic mass is 9.89. The lowest BCUT2D eigenvalue weighted by Gasteiger charge is -2.32. The van der Waals surface area contributed by atoms with Crippen molar-refractivity contribution in [3.8, 4) is 0 Å². The molecular formula is C24H25N3O. The lowest BCUT2D eigenvalue weighted by molar-refractivity contribution is 0.0713. The highest BCUT2D eigenvalue weighted by Gasteiger charge is 2.26. The number of carbonyl (C=O) groups is 1. The van der Waals surface area contributed by atoms with Crippen LogP contribution in [0.4, 0.5) is 0 Å². The van der Waals surface area contributed by atoms with Crippen molar-refractivity contribution < 1.29 is 4.79 Å². The molecule has 0 radical (unpaired) electrons. The molecule has 0 saturated carbocycles. The normalized spacial score (nSPS) is 15.6. The molecule has 5 rings (SSSR count). The van der Waals surface area contributed by atoms with Gasteiger partial charge in [0.25, 0.3) is 5.91 Å². The molecule has 1 aliphatic heterocycles. The van der Waals surface area contributed by atoms with E-state index in [2.05, 4.69) is 54.3 Å². The van der Waals surface area contributed by atoms with Crippen LogP contribution in [0.1, 0.15) is 45.9 Å². The summed E-state index contributed by atoms with van der Waals surface area (Å²) in [4.78, 5) is 21.9. The van der Waals surface area contributed by atoms with E-state index in [0.29, 0.717) is 5.92 Å². The van der Waals surface area contributed by atoms with E-state index in [1.807, 2.05) is 23.1 Å². The predicted molar refractivity (Wildman–Crippen MR) is 114 cm³/mol. The maximum Gasteiger partial charge on any atom is 0.253 e. The van der Waals surface area contributed by atoms with E-state index in [9.17, 15) is 4.79 Å². The summed E-state index contributed by atoms with van der Waals surface area (Å²) in [6, 6.07) is 14.5. The minimum atomic E-state index is 0.150. The Morgan fingerprint density at radius 3 is 2.61 bits per heavy atom. The highest BCUT2D eigenvalue weighted by molar-refractivity contribution is 5.99. The number of likely N-dealkylation sites (tertiary alicyclic amines) is 1. The van der Waals surface area contributed by atoms with Crippen LogP contribution in [-0.4, -0.2) is 33.9 Å². The minimum Gasteiger partial charge on any atom is -0.361 e. The molecule has 2 N–H and O–H groups in total. The van der Waals surface area contributed by atoms with Crippen LogP contribution in [-0.2, 0) is 0 Å². The first-order valence-electron chi connectivity index (χ1n) is 10.1. The van der Waals surface area contributed by atoms with Crippen molar-refractivity contribution in [2.24, 2.45) is 0 Å². The molecular weight excluding hydrogens is 346 g/mol. The number of carbonyl (C=O) groups excluding carboxylic acids is 1. The van der Waals surface area contributed by atoms with Crippen LogP contribution in [0.3, 0.4) is 0 Å². The zero-order valence-corrected chi connectivity index (χ0v) is 16.4. The number of hydrogen-bond acceptors (Lipinski definition) is 1. The van der Waals surface area contributed by atoms with E-state index in [-0.39, 0.29) is 5.91 Å². The van der Waals surface area contributed by atoms with Crippen LogP contribution in [0, 0.1) is 13.8 Å². The average molecular weight is 371 g/mol. The standard InChI is InChI=1S/C24H25N3O/c1-15-16(2)26-23-8-7-18(13-20(15)23)24(28)27-11-9-17(10-12-27)21-14-25-22-6-4-3-5-19(21)22/h3-8,13-14,17,25-26H,9-12H2,1-2H3. The lowest BCUT2D eigenvalue weighted by Crippen LogP contribution is -2.37. The molecule has 2 aromatic carbocycles. The van der Waals surface area contributed by atoms with Crippen molar-refractivity contribution in [1.29, 1.82) is 0 Å². The molecule has 28 heavy (non-hydrogen) atoms. The van der Waals surface area contributed by atoms with Gasteiger partial charge < -0.3 is 14.9 Å². The van der Waals surface area contributed by atoms with Crippen LogP contribution in [0.2, 0.25) is 0 Å². The first kappa shape index (κ1) is 17.1. The van der Waals surface area contributed by atoms with Gasteiger partial charge in [0, 0.05) is 52.3 Å². The molecule has 1 fully saturated rings. The van der Waals surface area contributed by atoms with Crippen LogP contribution in [0.15, 0.2) is 48.7 Å². The van der Waals surface area contributed by atoms with E-state index < -0.39 is 0 Å². The second-order valence-electron chi connectivity index (χ2n) is 7.99. The summed E-state index contributed by atoms with van der Waals surface area (Å²) in [5.74, 6) is 0.662. The van der Waals surface area contributed by atoms with E-state index in [1.165, 1.54) is 27.7 Å². The van der Waals surface area contributed by atoms with Crippen molar-refractivity contribution in [2.45, 2.75) is 32.6 Å². The number of aromatic amines is 2. The molecule has 0 unspecified atom stereocenters. The van der Waals surface area contributed by atoms with Crippen LogP contribution in [0.25, 0.3) is 21.8 Å².